The Morgan fingerprint density at radius 2 is 1.78 bits per heavy atom. The summed E-state index contributed by atoms with van der Waals surface area (Å²) in [7, 11) is -3.49. The van der Waals surface area contributed by atoms with Gasteiger partial charge in [0.25, 0.3) is 0 Å². The quantitative estimate of drug-likeness (QED) is 0.819. The van der Waals surface area contributed by atoms with Crippen molar-refractivity contribution in [3.05, 3.63) is 30.3 Å². The maximum atomic E-state index is 12.5. The zero-order chi connectivity index (χ0) is 13.3. The topological polar surface area (TPSA) is 54.5 Å². The average molecular weight is 267 g/mol. The molecule has 0 unspecified atom stereocenters. The monoisotopic (exact) mass is 267 g/mol. The van der Waals surface area contributed by atoms with E-state index in [9.17, 15) is 13.2 Å². The van der Waals surface area contributed by atoms with Crippen LogP contribution < -0.4 is 0 Å². The van der Waals surface area contributed by atoms with Gasteiger partial charge in [0.2, 0.25) is 10.0 Å². The number of ketones is 1. The van der Waals surface area contributed by atoms with Gasteiger partial charge in [-0.15, -0.1) is 0 Å². The van der Waals surface area contributed by atoms with Crippen molar-refractivity contribution in [2.75, 3.05) is 6.54 Å². The fourth-order valence-corrected chi connectivity index (χ4v) is 3.95. The van der Waals surface area contributed by atoms with Gasteiger partial charge in [-0.25, -0.2) is 8.42 Å². The van der Waals surface area contributed by atoms with E-state index in [2.05, 4.69) is 0 Å². The molecule has 1 saturated heterocycles. The lowest BCUT2D eigenvalue weighted by Crippen LogP contribution is -2.48. The number of rotatable bonds is 2. The predicted molar refractivity (Wildman–Crippen MR) is 68.6 cm³/mol. The van der Waals surface area contributed by atoms with Crippen LogP contribution in [0.25, 0.3) is 0 Å². The van der Waals surface area contributed by atoms with Crippen molar-refractivity contribution in [1.82, 2.24) is 4.31 Å². The first kappa shape index (κ1) is 13.2. The third-order valence-electron chi connectivity index (χ3n) is 3.34. The highest BCUT2D eigenvalue weighted by Gasteiger charge is 2.36. The van der Waals surface area contributed by atoms with E-state index in [1.54, 1.807) is 44.2 Å². The number of Topliss-reactive ketones (excluding diaryl/α,β-unsaturated/α-hetero) is 1. The molecular formula is C13H17NO3S. The van der Waals surface area contributed by atoms with Crippen LogP contribution in [0.1, 0.15) is 20.3 Å². The van der Waals surface area contributed by atoms with Crippen molar-refractivity contribution in [3.8, 4) is 0 Å². The van der Waals surface area contributed by atoms with Gasteiger partial charge in [-0.1, -0.05) is 25.1 Å². The molecule has 1 heterocycles. The molecule has 1 aromatic rings. The Labute approximate surface area is 108 Å². The van der Waals surface area contributed by atoms with E-state index in [4.69, 9.17) is 0 Å². The summed E-state index contributed by atoms with van der Waals surface area (Å²) in [5, 5.41) is 0. The lowest BCUT2D eigenvalue weighted by molar-refractivity contribution is -0.125. The first-order valence-corrected chi connectivity index (χ1v) is 7.46. The van der Waals surface area contributed by atoms with Crippen LogP contribution in [0, 0.1) is 5.92 Å². The van der Waals surface area contributed by atoms with Gasteiger partial charge in [0.15, 0.2) is 0 Å². The number of carbonyl (C=O) groups excluding carboxylic acids is 1. The van der Waals surface area contributed by atoms with Crippen LogP contribution in [0.15, 0.2) is 35.2 Å². The minimum absolute atomic E-state index is 0.141. The Hall–Kier alpha value is -1.20. The minimum Gasteiger partial charge on any atom is -0.299 e. The molecule has 0 N–H and O–H groups in total. The lowest BCUT2D eigenvalue weighted by Gasteiger charge is -2.34. The van der Waals surface area contributed by atoms with Crippen molar-refractivity contribution in [2.45, 2.75) is 31.2 Å². The summed E-state index contributed by atoms with van der Waals surface area (Å²) in [6.07, 6.45) is 0.299. The van der Waals surface area contributed by atoms with E-state index in [0.717, 1.165) is 0 Å². The van der Waals surface area contributed by atoms with E-state index < -0.39 is 10.0 Å². The second-order valence-corrected chi connectivity index (χ2v) is 6.70. The van der Waals surface area contributed by atoms with Gasteiger partial charge in [0.1, 0.15) is 5.78 Å². The molecule has 98 valence electrons. The highest BCUT2D eigenvalue weighted by atomic mass is 32.2. The highest BCUT2D eigenvalue weighted by molar-refractivity contribution is 7.89. The van der Waals surface area contributed by atoms with Crippen LogP contribution in [-0.4, -0.2) is 31.1 Å². The molecule has 0 amide bonds. The Balaban J connectivity index is 2.34. The molecule has 18 heavy (non-hydrogen) atoms. The standard InChI is InChI=1S/C13H17NO3S/c1-10-9-14(11(2)8-13(10)15)18(16,17)12-6-4-3-5-7-12/h3-7,10-11H,8-9H2,1-2H3/t10-,11+/m0/s1. The van der Waals surface area contributed by atoms with Crippen LogP contribution in [0.2, 0.25) is 0 Å². The molecule has 0 aliphatic carbocycles. The fourth-order valence-electron chi connectivity index (χ4n) is 2.21. The van der Waals surface area contributed by atoms with Crippen LogP contribution >= 0.6 is 0 Å². The van der Waals surface area contributed by atoms with Gasteiger partial charge in [-0.05, 0) is 19.1 Å². The van der Waals surface area contributed by atoms with Gasteiger partial charge in [-0.2, -0.15) is 4.31 Å². The molecule has 1 aliphatic rings. The second-order valence-electron chi connectivity index (χ2n) is 4.81. The van der Waals surface area contributed by atoms with E-state index in [-0.39, 0.29) is 24.3 Å². The Bertz CT molecular complexity index is 539. The molecule has 1 fully saturated rings. The molecular weight excluding hydrogens is 250 g/mol. The van der Waals surface area contributed by atoms with Gasteiger partial charge < -0.3 is 0 Å². The Kier molecular flexibility index (Phi) is 3.54. The molecule has 0 radical (unpaired) electrons. The number of hydrogen-bond acceptors (Lipinski definition) is 3. The molecule has 4 nitrogen and oxygen atoms in total. The summed E-state index contributed by atoms with van der Waals surface area (Å²) in [5.74, 6) is -0.0818. The van der Waals surface area contributed by atoms with Crippen molar-refractivity contribution < 1.29 is 13.2 Å². The number of benzene rings is 1. The molecule has 0 bridgehead atoms. The predicted octanol–water partition coefficient (Wildman–Crippen LogP) is 1.67. The summed E-state index contributed by atoms with van der Waals surface area (Å²) in [6.45, 7) is 3.84. The van der Waals surface area contributed by atoms with Crippen molar-refractivity contribution in [2.24, 2.45) is 5.92 Å². The van der Waals surface area contributed by atoms with E-state index in [1.807, 2.05) is 0 Å². The zero-order valence-corrected chi connectivity index (χ0v) is 11.4. The second kappa shape index (κ2) is 4.82. The maximum Gasteiger partial charge on any atom is 0.243 e. The van der Waals surface area contributed by atoms with Gasteiger partial charge in [0, 0.05) is 24.9 Å². The number of hydrogen-bond donors (Lipinski definition) is 0. The Morgan fingerprint density at radius 1 is 1.17 bits per heavy atom. The van der Waals surface area contributed by atoms with Gasteiger partial charge >= 0.3 is 0 Å². The summed E-state index contributed by atoms with van der Waals surface area (Å²) in [6, 6.07) is 8.10. The number of carbonyl (C=O) groups is 1. The number of sulfonamides is 1. The molecule has 5 heteroatoms. The van der Waals surface area contributed by atoms with Crippen molar-refractivity contribution in [3.63, 3.8) is 0 Å². The average Bonchev–Trinajstić information content (AvgIpc) is 2.34. The minimum atomic E-state index is -3.49. The smallest absolute Gasteiger partial charge is 0.243 e. The summed E-state index contributed by atoms with van der Waals surface area (Å²) in [5.41, 5.74) is 0. The summed E-state index contributed by atoms with van der Waals surface area (Å²) in [4.78, 5) is 11.9. The fraction of sp³-hybridized carbons (Fsp3) is 0.462. The van der Waals surface area contributed by atoms with Crippen LogP contribution in [0.5, 0.6) is 0 Å². The summed E-state index contributed by atoms with van der Waals surface area (Å²) < 4.78 is 26.4. The molecule has 2 rings (SSSR count). The Morgan fingerprint density at radius 3 is 2.39 bits per heavy atom. The maximum absolute atomic E-state index is 12.5. The zero-order valence-electron chi connectivity index (χ0n) is 10.5. The lowest BCUT2D eigenvalue weighted by atomic mass is 9.96. The molecule has 1 aliphatic heterocycles. The third-order valence-corrected chi connectivity index (χ3v) is 5.34. The third kappa shape index (κ3) is 2.33. The van der Waals surface area contributed by atoms with Gasteiger partial charge in [-0.3, -0.25) is 4.79 Å². The normalized spacial score (nSPS) is 26.2. The van der Waals surface area contributed by atoms with Crippen LogP contribution in [-0.2, 0) is 14.8 Å². The van der Waals surface area contributed by atoms with E-state index >= 15 is 0 Å². The largest absolute Gasteiger partial charge is 0.299 e. The van der Waals surface area contributed by atoms with Crippen molar-refractivity contribution >= 4 is 15.8 Å². The molecule has 0 saturated carbocycles. The SMILES string of the molecule is C[C@@H]1CC(=O)[C@@H](C)CN1S(=O)(=O)c1ccccc1. The van der Waals surface area contributed by atoms with E-state index in [0.29, 0.717) is 11.3 Å². The van der Waals surface area contributed by atoms with Gasteiger partial charge in [0.05, 0.1) is 4.90 Å². The highest BCUT2D eigenvalue weighted by Crippen LogP contribution is 2.25. The molecule has 2 atom stereocenters. The number of nitrogens with zero attached hydrogens (tertiary/aromatic N) is 1. The molecule has 0 spiro atoms. The molecule has 0 aromatic heterocycles. The van der Waals surface area contributed by atoms with Crippen LogP contribution in [0.4, 0.5) is 0 Å². The van der Waals surface area contributed by atoms with E-state index in [1.165, 1.54) is 4.31 Å². The summed E-state index contributed by atoms with van der Waals surface area (Å²) >= 11 is 0. The molecule has 1 aromatic carbocycles. The first-order chi connectivity index (χ1) is 8.43. The number of piperidine rings is 1. The van der Waals surface area contributed by atoms with Crippen molar-refractivity contribution in [1.29, 1.82) is 0 Å². The first-order valence-electron chi connectivity index (χ1n) is 6.02. The van der Waals surface area contributed by atoms with Crippen LogP contribution in [0.3, 0.4) is 0 Å².